The zero-order valence-electron chi connectivity index (χ0n) is 23.2. The van der Waals surface area contributed by atoms with Crippen LogP contribution in [0.15, 0.2) is 71.6 Å². The Kier molecular flexibility index (Phi) is 11.0. The number of benzene rings is 3. The number of hydrogen-bond donors (Lipinski definition) is 1. The molecule has 0 aliphatic rings. The zero-order chi connectivity index (χ0) is 29.4. The fraction of sp³-hybridized carbons (Fsp3) is 0.333. The van der Waals surface area contributed by atoms with Crippen molar-refractivity contribution in [1.29, 1.82) is 0 Å². The molecule has 0 spiro atoms. The van der Waals surface area contributed by atoms with Gasteiger partial charge in [-0.2, -0.15) is 0 Å². The highest BCUT2D eigenvalue weighted by atomic mass is 35.5. The number of aryl methyl sites for hydroxylation is 1. The van der Waals surface area contributed by atoms with Crippen LogP contribution < -0.4 is 9.62 Å². The van der Waals surface area contributed by atoms with E-state index >= 15 is 0 Å². The monoisotopic (exact) mass is 603 g/mol. The van der Waals surface area contributed by atoms with Crippen molar-refractivity contribution in [1.82, 2.24) is 10.2 Å². The number of amides is 2. The van der Waals surface area contributed by atoms with Gasteiger partial charge in [0.05, 0.1) is 10.6 Å². The second-order valence-electron chi connectivity index (χ2n) is 9.57. The van der Waals surface area contributed by atoms with E-state index in [2.05, 4.69) is 5.32 Å². The maximum absolute atomic E-state index is 14.1. The molecule has 0 radical (unpaired) electrons. The summed E-state index contributed by atoms with van der Waals surface area (Å²) < 4.78 is 29.1. The van der Waals surface area contributed by atoms with E-state index in [1.54, 1.807) is 61.5 Å². The van der Waals surface area contributed by atoms with Gasteiger partial charge in [0.1, 0.15) is 12.6 Å². The average Bonchev–Trinajstić information content (AvgIpc) is 2.93. The fourth-order valence-corrected chi connectivity index (χ4v) is 6.06. The average molecular weight is 605 g/mol. The van der Waals surface area contributed by atoms with Crippen LogP contribution in [0.25, 0.3) is 0 Å². The third-order valence-electron chi connectivity index (χ3n) is 6.60. The van der Waals surface area contributed by atoms with Gasteiger partial charge >= 0.3 is 0 Å². The first kappa shape index (κ1) is 31.5. The van der Waals surface area contributed by atoms with Gasteiger partial charge in [-0.05, 0) is 74.2 Å². The molecule has 2 amide bonds. The van der Waals surface area contributed by atoms with E-state index in [1.165, 1.54) is 17.0 Å². The van der Waals surface area contributed by atoms with E-state index in [-0.39, 0.29) is 23.0 Å². The fourth-order valence-electron chi connectivity index (χ4n) is 4.29. The number of carbonyl (C=O) groups is 2. The molecule has 0 aliphatic heterocycles. The highest BCUT2D eigenvalue weighted by Crippen LogP contribution is 2.31. The van der Waals surface area contributed by atoms with Crippen LogP contribution in [-0.4, -0.2) is 44.3 Å². The second kappa shape index (κ2) is 14.0. The number of hydrogen-bond acceptors (Lipinski definition) is 4. The van der Waals surface area contributed by atoms with Crippen LogP contribution in [0.2, 0.25) is 10.0 Å². The summed E-state index contributed by atoms with van der Waals surface area (Å²) >= 11 is 12.4. The van der Waals surface area contributed by atoms with Crippen molar-refractivity contribution < 1.29 is 18.0 Å². The van der Waals surface area contributed by atoms with E-state index in [1.807, 2.05) is 20.8 Å². The molecule has 0 aliphatic carbocycles. The lowest BCUT2D eigenvalue weighted by atomic mass is 10.1. The number of rotatable bonds is 12. The molecule has 0 heterocycles. The summed E-state index contributed by atoms with van der Waals surface area (Å²) in [6, 6.07) is 17.5. The Labute approximate surface area is 247 Å². The third kappa shape index (κ3) is 7.56. The molecule has 0 aromatic heterocycles. The SMILES string of the molecule is CCCNC(=O)[C@H](CC)N(Cc1ccc(Cl)cc1)C(=O)CN(c1cccc(Cl)c1C)S(=O)(=O)c1ccc(C)cc1. The van der Waals surface area contributed by atoms with Crippen LogP contribution in [0.4, 0.5) is 5.69 Å². The third-order valence-corrected chi connectivity index (χ3v) is 9.03. The molecular weight excluding hydrogens is 569 g/mol. The largest absolute Gasteiger partial charge is 0.354 e. The molecule has 40 heavy (non-hydrogen) atoms. The van der Waals surface area contributed by atoms with Crippen molar-refractivity contribution in [3.8, 4) is 0 Å². The van der Waals surface area contributed by atoms with Crippen LogP contribution in [0.3, 0.4) is 0 Å². The van der Waals surface area contributed by atoms with E-state index < -0.39 is 28.5 Å². The Hall–Kier alpha value is -3.07. The van der Waals surface area contributed by atoms with Crippen molar-refractivity contribution >= 4 is 50.7 Å². The first-order chi connectivity index (χ1) is 19.0. The quantitative estimate of drug-likeness (QED) is 0.269. The van der Waals surface area contributed by atoms with Crippen LogP contribution in [-0.2, 0) is 26.2 Å². The van der Waals surface area contributed by atoms with Crippen LogP contribution in [0, 0.1) is 13.8 Å². The van der Waals surface area contributed by atoms with E-state index in [9.17, 15) is 18.0 Å². The van der Waals surface area contributed by atoms with Gasteiger partial charge in [-0.25, -0.2) is 8.42 Å². The topological polar surface area (TPSA) is 86.8 Å². The lowest BCUT2D eigenvalue weighted by Crippen LogP contribution is -2.52. The molecule has 3 aromatic carbocycles. The lowest BCUT2D eigenvalue weighted by molar-refractivity contribution is -0.140. The normalized spacial score (nSPS) is 12.1. The van der Waals surface area contributed by atoms with Crippen molar-refractivity contribution in [3.05, 3.63) is 93.5 Å². The van der Waals surface area contributed by atoms with Crippen molar-refractivity contribution in [3.63, 3.8) is 0 Å². The standard InChI is InChI=1S/C30H35Cl2N3O4S/c1-5-18-33-30(37)27(6-2)34(19-23-12-14-24(31)15-13-23)29(36)20-35(28-9-7-8-26(32)22(28)4)40(38,39)25-16-10-21(3)11-17-25/h7-17,27H,5-6,18-20H2,1-4H3,(H,33,37)/t27-/m0/s1. The van der Waals surface area contributed by atoms with E-state index in [0.29, 0.717) is 28.6 Å². The van der Waals surface area contributed by atoms with Gasteiger partial charge in [0.2, 0.25) is 11.8 Å². The minimum absolute atomic E-state index is 0.0438. The van der Waals surface area contributed by atoms with E-state index in [4.69, 9.17) is 23.2 Å². The maximum atomic E-state index is 14.1. The molecule has 10 heteroatoms. The Morgan fingerprint density at radius 2 is 1.57 bits per heavy atom. The summed E-state index contributed by atoms with van der Waals surface area (Å²) in [6.07, 6.45) is 1.08. The minimum atomic E-state index is -4.17. The van der Waals surface area contributed by atoms with Crippen LogP contribution in [0.5, 0.6) is 0 Å². The summed E-state index contributed by atoms with van der Waals surface area (Å²) in [5, 5.41) is 3.79. The number of sulfonamides is 1. The van der Waals surface area contributed by atoms with Crippen molar-refractivity contribution in [2.45, 2.75) is 58.0 Å². The molecule has 214 valence electrons. The Morgan fingerprint density at radius 3 is 2.17 bits per heavy atom. The predicted molar refractivity (Wildman–Crippen MR) is 161 cm³/mol. The minimum Gasteiger partial charge on any atom is -0.354 e. The van der Waals surface area contributed by atoms with Gasteiger partial charge in [0.15, 0.2) is 0 Å². The highest BCUT2D eigenvalue weighted by Gasteiger charge is 2.34. The Bertz CT molecular complexity index is 1430. The van der Waals surface area contributed by atoms with Gasteiger partial charge in [0.25, 0.3) is 10.0 Å². The van der Waals surface area contributed by atoms with Gasteiger partial charge in [0, 0.05) is 23.1 Å². The number of nitrogens with one attached hydrogen (secondary N) is 1. The summed E-state index contributed by atoms with van der Waals surface area (Å²) in [6.45, 7) is 7.37. The molecule has 1 N–H and O–H groups in total. The number of anilines is 1. The summed E-state index contributed by atoms with van der Waals surface area (Å²) in [5.74, 6) is -0.818. The summed E-state index contributed by atoms with van der Waals surface area (Å²) in [7, 11) is -4.17. The molecule has 0 saturated carbocycles. The number of nitrogens with zero attached hydrogens (tertiary/aromatic N) is 2. The first-order valence-corrected chi connectivity index (χ1v) is 15.3. The molecule has 3 rings (SSSR count). The number of carbonyl (C=O) groups excluding carboxylic acids is 2. The number of halogens is 2. The molecule has 7 nitrogen and oxygen atoms in total. The Morgan fingerprint density at radius 1 is 0.925 bits per heavy atom. The summed E-state index contributed by atoms with van der Waals surface area (Å²) in [5.41, 5.74) is 2.46. The van der Waals surface area contributed by atoms with Gasteiger partial charge in [-0.3, -0.25) is 13.9 Å². The molecule has 0 unspecified atom stereocenters. The van der Waals surface area contributed by atoms with E-state index in [0.717, 1.165) is 21.9 Å². The highest BCUT2D eigenvalue weighted by molar-refractivity contribution is 7.92. The van der Waals surface area contributed by atoms with Crippen LogP contribution >= 0.6 is 23.2 Å². The second-order valence-corrected chi connectivity index (χ2v) is 12.3. The first-order valence-electron chi connectivity index (χ1n) is 13.2. The van der Waals surface area contributed by atoms with Gasteiger partial charge in [-0.15, -0.1) is 0 Å². The molecule has 0 saturated heterocycles. The lowest BCUT2D eigenvalue weighted by Gasteiger charge is -2.33. The van der Waals surface area contributed by atoms with Crippen LogP contribution in [0.1, 0.15) is 43.4 Å². The smallest absolute Gasteiger partial charge is 0.264 e. The zero-order valence-corrected chi connectivity index (χ0v) is 25.5. The molecular formula is C30H35Cl2N3O4S. The maximum Gasteiger partial charge on any atom is 0.264 e. The van der Waals surface area contributed by atoms with Gasteiger partial charge in [-0.1, -0.05) is 72.9 Å². The summed E-state index contributed by atoms with van der Waals surface area (Å²) in [4.78, 5) is 28.7. The predicted octanol–water partition coefficient (Wildman–Crippen LogP) is 6.14. The molecule has 0 bridgehead atoms. The molecule has 0 fully saturated rings. The van der Waals surface area contributed by atoms with Crippen molar-refractivity contribution in [2.24, 2.45) is 0 Å². The van der Waals surface area contributed by atoms with Gasteiger partial charge < -0.3 is 10.2 Å². The molecule has 1 atom stereocenters. The Balaban J connectivity index is 2.09. The van der Waals surface area contributed by atoms with Crippen molar-refractivity contribution in [2.75, 3.05) is 17.4 Å². The molecule has 3 aromatic rings.